The zero-order valence-corrected chi connectivity index (χ0v) is 9.04. The molecule has 1 heterocycles. The smallest absolute Gasteiger partial charge is 0.150 e. The third-order valence-electron chi connectivity index (χ3n) is 2.11. The Balaban J connectivity index is 2.37. The molecule has 0 radical (unpaired) electrons. The van der Waals surface area contributed by atoms with Crippen molar-refractivity contribution in [2.75, 3.05) is 12.8 Å². The van der Waals surface area contributed by atoms with Crippen molar-refractivity contribution < 1.29 is 9.84 Å². The van der Waals surface area contributed by atoms with Gasteiger partial charge in [0.1, 0.15) is 16.5 Å². The van der Waals surface area contributed by atoms with E-state index in [0.717, 1.165) is 16.2 Å². The summed E-state index contributed by atoms with van der Waals surface area (Å²) in [6, 6.07) is 9.29. The van der Waals surface area contributed by atoms with Crippen LogP contribution in [0.3, 0.4) is 0 Å². The van der Waals surface area contributed by atoms with Crippen molar-refractivity contribution in [3.05, 3.63) is 30.3 Å². The van der Waals surface area contributed by atoms with Crippen molar-refractivity contribution in [2.45, 2.75) is 0 Å². The Labute approximate surface area is 91.7 Å². The molecule has 3 N–H and O–H groups in total. The molecule has 0 bridgehead atoms. The first-order valence-electron chi connectivity index (χ1n) is 4.43. The number of rotatable bonds is 2. The van der Waals surface area contributed by atoms with E-state index < -0.39 is 0 Å². The van der Waals surface area contributed by atoms with Crippen molar-refractivity contribution in [3.8, 4) is 21.9 Å². The number of nitrogen functional groups attached to an aromatic ring is 1. The topological polar surface area (TPSA) is 55.5 Å². The second-order valence-electron chi connectivity index (χ2n) is 3.09. The Hall–Kier alpha value is -1.68. The molecule has 4 heteroatoms. The maximum Gasteiger partial charge on any atom is 0.150 e. The van der Waals surface area contributed by atoms with Gasteiger partial charge in [0.25, 0.3) is 0 Å². The molecule has 2 aromatic rings. The van der Waals surface area contributed by atoms with Gasteiger partial charge in [0.05, 0.1) is 7.11 Å². The molecule has 15 heavy (non-hydrogen) atoms. The molecule has 78 valence electrons. The molecule has 0 amide bonds. The molecule has 0 unspecified atom stereocenters. The molecular weight excluding hydrogens is 210 g/mol. The first-order valence-corrected chi connectivity index (χ1v) is 5.25. The monoisotopic (exact) mass is 221 g/mol. The summed E-state index contributed by atoms with van der Waals surface area (Å²) in [5.74, 6) is 0.957. The molecule has 1 aromatic carbocycles. The number of anilines is 1. The molecule has 0 aliphatic carbocycles. The second kappa shape index (κ2) is 3.82. The zero-order valence-electron chi connectivity index (χ0n) is 8.23. The van der Waals surface area contributed by atoms with Crippen LogP contribution >= 0.6 is 11.3 Å². The fraction of sp³-hybridized carbons (Fsp3) is 0.0909. The summed E-state index contributed by atoms with van der Waals surface area (Å²) in [6.45, 7) is 0. The van der Waals surface area contributed by atoms with Gasteiger partial charge in [-0.15, -0.1) is 11.3 Å². The average molecular weight is 221 g/mol. The Morgan fingerprint density at radius 3 is 2.40 bits per heavy atom. The minimum absolute atomic E-state index is 0.144. The van der Waals surface area contributed by atoms with Crippen molar-refractivity contribution >= 4 is 16.3 Å². The number of benzene rings is 1. The van der Waals surface area contributed by atoms with E-state index in [1.165, 1.54) is 11.3 Å². The summed E-state index contributed by atoms with van der Waals surface area (Å²) in [6.07, 6.45) is 0. The minimum atomic E-state index is 0.144. The molecule has 0 saturated carbocycles. The van der Waals surface area contributed by atoms with Crippen LogP contribution in [0.1, 0.15) is 0 Å². The standard InChI is InChI=1S/C11H11NO2S/c1-14-8-4-2-7(3-5-8)10-6-9(13)11(12)15-10/h2-6,13H,12H2,1H3. The SMILES string of the molecule is COc1ccc(-c2cc(O)c(N)s2)cc1. The van der Waals surface area contributed by atoms with Gasteiger partial charge in [-0.2, -0.15) is 0 Å². The van der Waals surface area contributed by atoms with Crippen LogP contribution < -0.4 is 10.5 Å². The molecule has 0 saturated heterocycles. The first-order chi connectivity index (χ1) is 7.20. The molecule has 2 rings (SSSR count). The molecule has 0 atom stereocenters. The highest BCUT2D eigenvalue weighted by Crippen LogP contribution is 2.37. The fourth-order valence-electron chi connectivity index (χ4n) is 1.29. The summed E-state index contributed by atoms with van der Waals surface area (Å²) in [5, 5.41) is 9.81. The van der Waals surface area contributed by atoms with E-state index in [0.29, 0.717) is 5.00 Å². The van der Waals surface area contributed by atoms with Crippen LogP contribution in [0.15, 0.2) is 30.3 Å². The molecule has 0 aliphatic heterocycles. The Morgan fingerprint density at radius 1 is 1.27 bits per heavy atom. The Kier molecular flexibility index (Phi) is 2.51. The van der Waals surface area contributed by atoms with Crippen LogP contribution in [-0.4, -0.2) is 12.2 Å². The van der Waals surface area contributed by atoms with Gasteiger partial charge in [0.2, 0.25) is 0 Å². The van der Waals surface area contributed by atoms with Crippen molar-refractivity contribution in [1.82, 2.24) is 0 Å². The van der Waals surface area contributed by atoms with Gasteiger partial charge in [-0.25, -0.2) is 0 Å². The zero-order chi connectivity index (χ0) is 10.8. The Morgan fingerprint density at radius 2 is 1.93 bits per heavy atom. The molecule has 0 fully saturated rings. The predicted molar refractivity (Wildman–Crippen MR) is 62.4 cm³/mol. The fourth-order valence-corrected chi connectivity index (χ4v) is 2.12. The molecule has 3 nitrogen and oxygen atoms in total. The van der Waals surface area contributed by atoms with Crippen LogP contribution in [0.25, 0.3) is 10.4 Å². The highest BCUT2D eigenvalue weighted by atomic mass is 32.1. The quantitative estimate of drug-likeness (QED) is 0.819. The van der Waals surface area contributed by atoms with Crippen LogP contribution in [-0.2, 0) is 0 Å². The lowest BCUT2D eigenvalue weighted by molar-refractivity contribution is 0.415. The van der Waals surface area contributed by atoms with Gasteiger partial charge in [0, 0.05) is 10.9 Å². The average Bonchev–Trinajstić information content (AvgIpc) is 2.59. The van der Waals surface area contributed by atoms with E-state index in [2.05, 4.69) is 0 Å². The van der Waals surface area contributed by atoms with Crippen molar-refractivity contribution in [2.24, 2.45) is 0 Å². The van der Waals surface area contributed by atoms with Gasteiger partial charge < -0.3 is 15.6 Å². The summed E-state index contributed by atoms with van der Waals surface area (Å²) in [4.78, 5) is 0.952. The van der Waals surface area contributed by atoms with Crippen LogP contribution in [0.2, 0.25) is 0 Å². The number of nitrogens with two attached hydrogens (primary N) is 1. The van der Waals surface area contributed by atoms with Crippen LogP contribution in [0.4, 0.5) is 5.00 Å². The second-order valence-corrected chi connectivity index (χ2v) is 4.17. The van der Waals surface area contributed by atoms with Gasteiger partial charge >= 0.3 is 0 Å². The van der Waals surface area contributed by atoms with E-state index >= 15 is 0 Å². The number of hydrogen-bond donors (Lipinski definition) is 2. The predicted octanol–water partition coefficient (Wildman–Crippen LogP) is 2.71. The van der Waals surface area contributed by atoms with Crippen molar-refractivity contribution in [1.29, 1.82) is 0 Å². The van der Waals surface area contributed by atoms with Crippen LogP contribution in [0, 0.1) is 0 Å². The maximum absolute atomic E-state index is 9.36. The number of hydrogen-bond acceptors (Lipinski definition) is 4. The number of thiophene rings is 1. The first kappa shape index (κ1) is 9.86. The summed E-state index contributed by atoms with van der Waals surface area (Å²) in [7, 11) is 1.63. The molecule has 0 aliphatic rings. The van der Waals surface area contributed by atoms with Crippen LogP contribution in [0.5, 0.6) is 11.5 Å². The van der Waals surface area contributed by atoms with E-state index in [4.69, 9.17) is 10.5 Å². The summed E-state index contributed by atoms with van der Waals surface area (Å²) in [5.41, 5.74) is 6.60. The lowest BCUT2D eigenvalue weighted by Crippen LogP contribution is -1.81. The Bertz CT molecular complexity index is 442. The largest absolute Gasteiger partial charge is 0.505 e. The minimum Gasteiger partial charge on any atom is -0.505 e. The number of methoxy groups -OCH3 is 1. The maximum atomic E-state index is 9.36. The summed E-state index contributed by atoms with van der Waals surface area (Å²) < 4.78 is 5.06. The number of aromatic hydroxyl groups is 1. The normalized spacial score (nSPS) is 10.2. The van der Waals surface area contributed by atoms with Crippen molar-refractivity contribution in [3.63, 3.8) is 0 Å². The highest BCUT2D eigenvalue weighted by Gasteiger charge is 2.06. The number of ether oxygens (including phenoxy) is 1. The van der Waals surface area contributed by atoms with Gasteiger partial charge in [-0.05, 0) is 29.8 Å². The summed E-state index contributed by atoms with van der Waals surface area (Å²) >= 11 is 1.37. The van der Waals surface area contributed by atoms with E-state index in [9.17, 15) is 5.11 Å². The van der Waals surface area contributed by atoms with Gasteiger partial charge in [-0.3, -0.25) is 0 Å². The van der Waals surface area contributed by atoms with E-state index in [1.54, 1.807) is 13.2 Å². The molecular formula is C11H11NO2S. The van der Waals surface area contributed by atoms with Gasteiger partial charge in [0.15, 0.2) is 0 Å². The lowest BCUT2D eigenvalue weighted by atomic mass is 10.2. The molecule has 1 aromatic heterocycles. The van der Waals surface area contributed by atoms with E-state index in [-0.39, 0.29) is 5.75 Å². The molecule has 0 spiro atoms. The van der Waals surface area contributed by atoms with Gasteiger partial charge in [-0.1, -0.05) is 0 Å². The highest BCUT2D eigenvalue weighted by molar-refractivity contribution is 7.19. The van der Waals surface area contributed by atoms with E-state index in [1.807, 2.05) is 24.3 Å². The third kappa shape index (κ3) is 1.89. The lowest BCUT2D eigenvalue weighted by Gasteiger charge is -2.00. The third-order valence-corrected chi connectivity index (χ3v) is 3.12.